The number of aromatic nitrogens is 3. The average Bonchev–Trinajstić information content (AvgIpc) is 3.00. The average molecular weight is 338 g/mol. The summed E-state index contributed by atoms with van der Waals surface area (Å²) in [5.41, 5.74) is 1.60. The molecule has 0 aliphatic rings. The van der Waals surface area contributed by atoms with E-state index in [2.05, 4.69) is 10.1 Å². The van der Waals surface area contributed by atoms with Crippen molar-refractivity contribution in [3.8, 4) is 0 Å². The van der Waals surface area contributed by atoms with E-state index < -0.39 is 0 Å². The number of carbonyl (C=O) groups excluding carboxylic acids is 1. The van der Waals surface area contributed by atoms with Crippen LogP contribution >= 0.6 is 11.8 Å². The normalized spacial score (nSPS) is 10.6. The molecule has 122 valence electrons. The Morgan fingerprint density at radius 2 is 2.00 bits per heavy atom. The lowest BCUT2D eigenvalue weighted by Gasteiger charge is -2.17. The molecule has 0 saturated heterocycles. The van der Waals surface area contributed by atoms with Crippen molar-refractivity contribution >= 4 is 17.7 Å². The number of hydrogen-bond acceptors (Lipinski definition) is 4. The number of amides is 1. The summed E-state index contributed by atoms with van der Waals surface area (Å²) in [4.78, 5) is 19.9. The van der Waals surface area contributed by atoms with E-state index in [1.807, 2.05) is 49.6 Å². The highest BCUT2D eigenvalue weighted by molar-refractivity contribution is 7.99. The molecular weight excluding hydrogens is 320 g/mol. The minimum Gasteiger partial charge on any atom is -0.337 e. The van der Waals surface area contributed by atoms with Gasteiger partial charge in [-0.25, -0.2) is 4.98 Å². The second kappa shape index (κ2) is 7.31. The highest BCUT2D eigenvalue weighted by Crippen LogP contribution is 2.29. The zero-order valence-corrected chi connectivity index (χ0v) is 14.4. The minimum absolute atomic E-state index is 0.0506. The zero-order valence-electron chi connectivity index (χ0n) is 13.6. The first-order chi connectivity index (χ1) is 11.6. The smallest absolute Gasteiger partial charge is 0.256 e. The van der Waals surface area contributed by atoms with Gasteiger partial charge in [0.15, 0.2) is 0 Å². The van der Waals surface area contributed by atoms with Crippen LogP contribution in [0.1, 0.15) is 15.9 Å². The summed E-state index contributed by atoms with van der Waals surface area (Å²) in [6.07, 6.45) is 5.39. The van der Waals surface area contributed by atoms with Gasteiger partial charge in [-0.15, -0.1) is 0 Å². The van der Waals surface area contributed by atoms with Gasteiger partial charge in [-0.2, -0.15) is 5.10 Å². The van der Waals surface area contributed by atoms with E-state index in [4.69, 9.17) is 0 Å². The molecular formula is C18H18N4OS. The van der Waals surface area contributed by atoms with E-state index >= 15 is 0 Å². The van der Waals surface area contributed by atoms with E-state index in [-0.39, 0.29) is 5.91 Å². The van der Waals surface area contributed by atoms with Crippen molar-refractivity contribution in [3.63, 3.8) is 0 Å². The lowest BCUT2D eigenvalue weighted by Crippen LogP contribution is -2.26. The van der Waals surface area contributed by atoms with Crippen molar-refractivity contribution in [1.82, 2.24) is 19.7 Å². The van der Waals surface area contributed by atoms with Gasteiger partial charge < -0.3 is 4.90 Å². The minimum atomic E-state index is -0.0506. The molecule has 0 saturated carbocycles. The van der Waals surface area contributed by atoms with Crippen LogP contribution in [-0.4, -0.2) is 32.6 Å². The Morgan fingerprint density at radius 1 is 1.21 bits per heavy atom. The van der Waals surface area contributed by atoms with Crippen LogP contribution in [0.2, 0.25) is 0 Å². The number of rotatable bonds is 5. The highest BCUT2D eigenvalue weighted by atomic mass is 32.2. The SMILES string of the molecule is CN(Cc1cnn(C)c1)C(=O)c1cccnc1Sc1ccccc1. The van der Waals surface area contributed by atoms with Gasteiger partial charge >= 0.3 is 0 Å². The van der Waals surface area contributed by atoms with E-state index in [9.17, 15) is 4.79 Å². The van der Waals surface area contributed by atoms with Crippen LogP contribution in [0, 0.1) is 0 Å². The first kappa shape index (κ1) is 16.3. The van der Waals surface area contributed by atoms with E-state index in [1.165, 1.54) is 11.8 Å². The summed E-state index contributed by atoms with van der Waals surface area (Å²) < 4.78 is 1.73. The lowest BCUT2D eigenvalue weighted by atomic mass is 10.2. The molecule has 2 heterocycles. The van der Waals surface area contributed by atoms with Gasteiger partial charge in [0.1, 0.15) is 5.03 Å². The topological polar surface area (TPSA) is 51.0 Å². The third-order valence-corrected chi connectivity index (χ3v) is 4.51. The van der Waals surface area contributed by atoms with Gasteiger partial charge in [0.05, 0.1) is 11.8 Å². The molecule has 0 N–H and O–H groups in total. The molecule has 0 fully saturated rings. The van der Waals surface area contributed by atoms with Gasteiger partial charge in [0, 0.05) is 43.5 Å². The number of aryl methyl sites for hydroxylation is 1. The molecule has 2 aromatic heterocycles. The second-order valence-corrected chi connectivity index (χ2v) is 6.52. The van der Waals surface area contributed by atoms with Gasteiger partial charge in [-0.1, -0.05) is 30.0 Å². The summed E-state index contributed by atoms with van der Waals surface area (Å²) in [5.74, 6) is -0.0506. The molecule has 24 heavy (non-hydrogen) atoms. The predicted octanol–water partition coefficient (Wildman–Crippen LogP) is 3.24. The zero-order chi connectivity index (χ0) is 16.9. The number of pyridine rings is 1. The molecule has 0 unspecified atom stereocenters. The second-order valence-electron chi connectivity index (χ2n) is 5.45. The summed E-state index contributed by atoms with van der Waals surface area (Å²) in [7, 11) is 3.65. The fraction of sp³-hybridized carbons (Fsp3) is 0.167. The van der Waals surface area contributed by atoms with Crippen molar-refractivity contribution < 1.29 is 4.79 Å². The van der Waals surface area contributed by atoms with Crippen LogP contribution in [0.25, 0.3) is 0 Å². The molecule has 3 rings (SSSR count). The van der Waals surface area contributed by atoms with Gasteiger partial charge in [-0.05, 0) is 24.3 Å². The first-order valence-corrected chi connectivity index (χ1v) is 8.36. The Hall–Kier alpha value is -2.60. The Bertz CT molecular complexity index is 832. The number of nitrogens with zero attached hydrogens (tertiary/aromatic N) is 4. The van der Waals surface area contributed by atoms with Crippen LogP contribution in [0.15, 0.2) is 71.0 Å². The molecule has 0 atom stereocenters. The van der Waals surface area contributed by atoms with Crippen LogP contribution in [-0.2, 0) is 13.6 Å². The molecule has 5 nitrogen and oxygen atoms in total. The highest BCUT2D eigenvalue weighted by Gasteiger charge is 2.18. The number of hydrogen-bond donors (Lipinski definition) is 0. The van der Waals surface area contributed by atoms with E-state index in [1.54, 1.807) is 35.1 Å². The summed E-state index contributed by atoms with van der Waals surface area (Å²) >= 11 is 1.50. The molecule has 0 aliphatic heterocycles. The quantitative estimate of drug-likeness (QED) is 0.717. The lowest BCUT2D eigenvalue weighted by molar-refractivity contribution is 0.0781. The van der Waals surface area contributed by atoms with Gasteiger partial charge in [0.2, 0.25) is 0 Å². The Kier molecular flexibility index (Phi) is 4.96. The summed E-state index contributed by atoms with van der Waals surface area (Å²) in [6.45, 7) is 0.511. The molecule has 1 amide bonds. The Labute approximate surface area is 145 Å². The largest absolute Gasteiger partial charge is 0.337 e. The molecule has 0 bridgehead atoms. The van der Waals surface area contributed by atoms with Crippen LogP contribution in [0.5, 0.6) is 0 Å². The first-order valence-electron chi connectivity index (χ1n) is 7.54. The van der Waals surface area contributed by atoms with E-state index in [0.717, 1.165) is 10.5 Å². The Balaban J connectivity index is 1.79. The van der Waals surface area contributed by atoms with Crippen molar-refractivity contribution in [2.75, 3.05) is 7.05 Å². The number of carbonyl (C=O) groups is 1. The van der Waals surface area contributed by atoms with Crippen LogP contribution < -0.4 is 0 Å². The molecule has 0 spiro atoms. The monoisotopic (exact) mass is 338 g/mol. The van der Waals surface area contributed by atoms with Gasteiger partial charge in [0.25, 0.3) is 5.91 Å². The third kappa shape index (κ3) is 3.83. The van der Waals surface area contributed by atoms with Crippen molar-refractivity contribution in [2.24, 2.45) is 7.05 Å². The van der Waals surface area contributed by atoms with Crippen LogP contribution in [0.4, 0.5) is 0 Å². The van der Waals surface area contributed by atoms with Crippen molar-refractivity contribution in [2.45, 2.75) is 16.5 Å². The van der Waals surface area contributed by atoms with Crippen LogP contribution in [0.3, 0.4) is 0 Å². The summed E-state index contributed by atoms with van der Waals surface area (Å²) in [6, 6.07) is 13.5. The standard InChI is InChI=1S/C18H18N4OS/c1-21(12-14-11-20-22(2)13-14)18(23)16-9-6-10-19-17(16)24-15-7-4-3-5-8-15/h3-11,13H,12H2,1-2H3. The maximum atomic E-state index is 12.8. The summed E-state index contributed by atoms with van der Waals surface area (Å²) in [5, 5.41) is 4.85. The van der Waals surface area contributed by atoms with Gasteiger partial charge in [-0.3, -0.25) is 9.48 Å². The van der Waals surface area contributed by atoms with Crippen molar-refractivity contribution in [3.05, 3.63) is 72.2 Å². The molecule has 3 aromatic rings. The van der Waals surface area contributed by atoms with Crippen molar-refractivity contribution in [1.29, 1.82) is 0 Å². The fourth-order valence-corrected chi connectivity index (χ4v) is 3.24. The predicted molar refractivity (Wildman–Crippen MR) is 93.8 cm³/mol. The molecule has 0 aliphatic carbocycles. The molecule has 0 radical (unpaired) electrons. The number of benzene rings is 1. The fourth-order valence-electron chi connectivity index (χ4n) is 2.34. The Morgan fingerprint density at radius 3 is 2.71 bits per heavy atom. The maximum Gasteiger partial charge on any atom is 0.256 e. The third-order valence-electron chi connectivity index (χ3n) is 3.48. The maximum absolute atomic E-state index is 12.8. The molecule has 6 heteroatoms. The molecule has 1 aromatic carbocycles. The van der Waals surface area contributed by atoms with E-state index in [0.29, 0.717) is 17.1 Å².